The van der Waals surface area contributed by atoms with Gasteiger partial charge in [0.05, 0.1) is 33.0 Å². The molecule has 1 aromatic heterocycles. The van der Waals surface area contributed by atoms with E-state index in [0.717, 1.165) is 25.8 Å². The molecule has 1 heterocycles. The zero-order valence-electron chi connectivity index (χ0n) is 36.6. The number of unbranched alkanes of at least 4 members (excludes halogenated alkanes) is 1. The third-order valence-corrected chi connectivity index (χ3v) is 11.0. The van der Waals surface area contributed by atoms with Crippen molar-refractivity contribution in [3.05, 3.63) is 123 Å². The van der Waals surface area contributed by atoms with Gasteiger partial charge in [-0.2, -0.15) is 4.57 Å². The average molecular weight is 764 g/mol. The highest BCUT2D eigenvalue weighted by molar-refractivity contribution is 5.57. The largest absolute Gasteiger partial charge is 0.379 e. The van der Waals surface area contributed by atoms with Crippen LogP contribution in [0.3, 0.4) is 0 Å². The van der Waals surface area contributed by atoms with Gasteiger partial charge < -0.3 is 19.6 Å². The molecule has 0 aliphatic heterocycles. The van der Waals surface area contributed by atoms with E-state index in [1.54, 1.807) is 0 Å². The lowest BCUT2D eigenvalue weighted by molar-refractivity contribution is -0.699. The van der Waals surface area contributed by atoms with E-state index in [0.29, 0.717) is 39.6 Å². The second-order valence-corrected chi connectivity index (χ2v) is 17.1. The summed E-state index contributed by atoms with van der Waals surface area (Å²) < 4.78 is 19.4. The number of hydrogen-bond acceptors (Lipinski definition) is 4. The predicted molar refractivity (Wildman–Crippen MR) is 240 cm³/mol. The summed E-state index contributed by atoms with van der Waals surface area (Å²) in [6.07, 6.45) is 38.4. The van der Waals surface area contributed by atoms with E-state index in [4.69, 9.17) is 19.6 Å². The minimum Gasteiger partial charge on any atom is -0.379 e. The highest BCUT2D eigenvalue weighted by Gasteiger charge is 2.27. The van der Waals surface area contributed by atoms with Crippen molar-refractivity contribution >= 4 is 18.4 Å². The molecule has 0 bridgehead atoms. The molecule has 56 heavy (non-hydrogen) atoms. The van der Waals surface area contributed by atoms with Gasteiger partial charge in [-0.25, -0.2) is 0 Å². The molecule has 0 fully saturated rings. The van der Waals surface area contributed by atoms with Crippen LogP contribution < -0.4 is 4.57 Å². The molecular formula is C51H75N2O3+. The van der Waals surface area contributed by atoms with Crippen LogP contribution in [0, 0.1) is 16.2 Å². The molecule has 3 rings (SSSR count). The van der Waals surface area contributed by atoms with Crippen molar-refractivity contribution in [2.75, 3.05) is 39.6 Å². The summed E-state index contributed by atoms with van der Waals surface area (Å²) in [6.45, 7) is 25.1. The highest BCUT2D eigenvalue weighted by atomic mass is 16.5. The Hall–Kier alpha value is -3.64. The Morgan fingerprint density at radius 1 is 0.696 bits per heavy atom. The lowest BCUT2D eigenvalue weighted by Crippen LogP contribution is -2.37. The molecule has 0 unspecified atom stereocenters. The summed E-state index contributed by atoms with van der Waals surface area (Å²) in [6, 6.07) is 4.47. The number of nitrogens with one attached hydrogen (secondary N) is 1. The first-order chi connectivity index (χ1) is 26.8. The molecular weight excluding hydrogens is 689 g/mol. The Kier molecular flexibility index (Phi) is 20.8. The number of aromatic nitrogens is 1. The normalized spacial score (nSPS) is 18.5. The van der Waals surface area contributed by atoms with E-state index in [-0.39, 0.29) is 10.8 Å². The van der Waals surface area contributed by atoms with Gasteiger partial charge in [0.2, 0.25) is 5.69 Å². The van der Waals surface area contributed by atoms with Crippen LogP contribution in [0.1, 0.15) is 131 Å². The van der Waals surface area contributed by atoms with Gasteiger partial charge in [-0.15, -0.1) is 0 Å². The van der Waals surface area contributed by atoms with Crippen LogP contribution in [-0.2, 0) is 20.8 Å². The summed E-state index contributed by atoms with van der Waals surface area (Å²) in [4.78, 5) is 0. The topological polar surface area (TPSA) is 55.4 Å². The second kappa shape index (κ2) is 24.9. The lowest BCUT2D eigenvalue weighted by atomic mass is 9.72. The van der Waals surface area contributed by atoms with Crippen LogP contribution in [-0.4, -0.2) is 45.9 Å². The first-order valence-electron chi connectivity index (χ1n) is 21.2. The van der Waals surface area contributed by atoms with E-state index in [1.807, 2.05) is 0 Å². The van der Waals surface area contributed by atoms with Crippen LogP contribution >= 0.6 is 0 Å². The van der Waals surface area contributed by atoms with Gasteiger partial charge in [0, 0.05) is 31.2 Å². The van der Waals surface area contributed by atoms with E-state index >= 15 is 0 Å². The van der Waals surface area contributed by atoms with Crippen LogP contribution in [0.25, 0.3) is 12.2 Å². The Bertz CT molecular complexity index is 1690. The molecule has 1 N–H and O–H groups in total. The summed E-state index contributed by atoms with van der Waals surface area (Å²) >= 11 is 0. The fourth-order valence-corrected chi connectivity index (χ4v) is 7.67. The summed E-state index contributed by atoms with van der Waals surface area (Å²) in [5.41, 5.74) is 12.6. The molecule has 2 aliphatic rings. The average Bonchev–Trinajstić information content (AvgIpc) is 3.13. The Balaban J connectivity index is 1.67. The van der Waals surface area contributed by atoms with Crippen molar-refractivity contribution in [3.8, 4) is 0 Å². The quantitative estimate of drug-likeness (QED) is 0.0523. The molecule has 5 nitrogen and oxygen atoms in total. The van der Waals surface area contributed by atoms with Crippen molar-refractivity contribution in [2.24, 2.45) is 10.8 Å². The van der Waals surface area contributed by atoms with Crippen LogP contribution in [0.2, 0.25) is 0 Å². The second-order valence-electron chi connectivity index (χ2n) is 17.1. The monoisotopic (exact) mass is 764 g/mol. The number of hydrogen-bond donors (Lipinski definition) is 1. The molecule has 0 aromatic carbocycles. The fourth-order valence-electron chi connectivity index (χ4n) is 7.67. The molecule has 1 aromatic rings. The number of nitrogens with zero attached hydrogens (tertiary/aromatic N) is 1. The van der Waals surface area contributed by atoms with Crippen molar-refractivity contribution in [1.82, 2.24) is 0 Å². The maximum absolute atomic E-state index is 7.06. The SMILES string of the molecule is CC1=C(/C=C/C(C)=C/C=C/C(C)=C/c2cc(/C=C/C=C(C)/C=C/C3=C(C)CCCC3(C)C)cc[n+]2CCCOCCOCCOCCCC=N)C(C)(C)CCC1. The van der Waals surface area contributed by atoms with E-state index in [2.05, 4.69) is 152 Å². The number of aryl methyl sites for hydroxylation is 1. The van der Waals surface area contributed by atoms with Crippen LogP contribution in [0.4, 0.5) is 0 Å². The van der Waals surface area contributed by atoms with E-state index in [1.165, 1.54) is 95.0 Å². The highest BCUT2D eigenvalue weighted by Crippen LogP contribution is 2.41. The molecule has 0 saturated heterocycles. The number of allylic oxidation sites excluding steroid dienone is 16. The standard InChI is InChI=1S/C51H75N2O3/c1-41(23-25-48-44(4)20-14-28-50(48,6)7)17-12-19-43(3)39-47-40-46(22-13-18-42(2)24-26-49-45(5)21-15-29-51(49,8)9)27-32-53(47)31-16-34-55-36-38-56-37-35-54-33-11-10-30-52/h12-13,17-19,22-27,30,32,39-40,52H,10-11,14-16,20-21,28-29,31,33-38H2,1-9H3/q+1/b19-12+,22-13+,25-23+,26-24+,41-17+,42-18+,43-39+,52-30?. The van der Waals surface area contributed by atoms with Crippen molar-refractivity contribution in [1.29, 1.82) is 5.41 Å². The van der Waals surface area contributed by atoms with Crippen LogP contribution in [0.15, 0.2) is 112 Å². The van der Waals surface area contributed by atoms with Gasteiger partial charge in [-0.05, 0) is 125 Å². The molecule has 0 atom stereocenters. The molecule has 0 radical (unpaired) electrons. The van der Waals surface area contributed by atoms with Gasteiger partial charge in [-0.3, -0.25) is 0 Å². The molecule has 2 aliphatic carbocycles. The molecule has 306 valence electrons. The van der Waals surface area contributed by atoms with Gasteiger partial charge in [0.25, 0.3) is 0 Å². The minimum atomic E-state index is 0.249. The van der Waals surface area contributed by atoms with Gasteiger partial charge in [0.15, 0.2) is 12.7 Å². The molecule has 0 spiro atoms. The first kappa shape index (κ1) is 46.7. The lowest BCUT2D eigenvalue weighted by Gasteiger charge is -2.33. The number of ether oxygens (including phenoxy) is 3. The molecule has 0 amide bonds. The smallest absolute Gasteiger partial charge is 0.206 e. The zero-order chi connectivity index (χ0) is 40.8. The van der Waals surface area contributed by atoms with Gasteiger partial charge in [-0.1, -0.05) is 111 Å². The maximum Gasteiger partial charge on any atom is 0.206 e. The molecule has 5 heteroatoms. The Morgan fingerprint density at radius 2 is 1.23 bits per heavy atom. The Labute approximate surface area is 341 Å². The number of rotatable bonds is 23. The van der Waals surface area contributed by atoms with Gasteiger partial charge in [0.1, 0.15) is 0 Å². The number of pyridine rings is 1. The minimum absolute atomic E-state index is 0.249. The maximum atomic E-state index is 7.06. The molecule has 0 saturated carbocycles. The van der Waals surface area contributed by atoms with Crippen LogP contribution in [0.5, 0.6) is 0 Å². The zero-order valence-corrected chi connectivity index (χ0v) is 36.6. The fraction of sp³-hybridized carbons (Fsp3) is 0.529. The summed E-state index contributed by atoms with van der Waals surface area (Å²) in [5, 5.41) is 7.06. The van der Waals surface area contributed by atoms with Gasteiger partial charge >= 0.3 is 0 Å². The summed E-state index contributed by atoms with van der Waals surface area (Å²) in [5.74, 6) is 0. The van der Waals surface area contributed by atoms with E-state index in [9.17, 15) is 0 Å². The third-order valence-electron chi connectivity index (χ3n) is 11.0. The first-order valence-corrected chi connectivity index (χ1v) is 21.2. The Morgan fingerprint density at radius 3 is 1.79 bits per heavy atom. The predicted octanol–water partition coefficient (Wildman–Crippen LogP) is 12.9. The van der Waals surface area contributed by atoms with Crippen molar-refractivity contribution in [3.63, 3.8) is 0 Å². The van der Waals surface area contributed by atoms with Crippen molar-refractivity contribution in [2.45, 2.75) is 127 Å². The van der Waals surface area contributed by atoms with E-state index < -0.39 is 0 Å². The van der Waals surface area contributed by atoms with Crippen molar-refractivity contribution < 1.29 is 18.8 Å². The third kappa shape index (κ3) is 17.2. The summed E-state index contributed by atoms with van der Waals surface area (Å²) in [7, 11) is 0.